The molecule has 0 aliphatic heterocycles. The van der Waals surface area contributed by atoms with Gasteiger partial charge in [-0.05, 0) is 31.2 Å². The van der Waals surface area contributed by atoms with Crippen LogP contribution in [0.5, 0.6) is 0 Å². The number of nitrogen functional groups attached to an aromatic ring is 1. The maximum Gasteiger partial charge on any atom is 0.244 e. The second kappa shape index (κ2) is 4.62. The van der Waals surface area contributed by atoms with Gasteiger partial charge in [0.25, 0.3) is 0 Å². The maximum atomic E-state index is 12.1. The van der Waals surface area contributed by atoms with Crippen molar-refractivity contribution in [3.63, 3.8) is 0 Å². The Kier molecular flexibility index (Phi) is 3.35. The molecule has 0 radical (unpaired) electrons. The third-order valence-corrected chi connectivity index (χ3v) is 4.69. The highest BCUT2D eigenvalue weighted by Crippen LogP contribution is 2.26. The smallest absolute Gasteiger partial charge is 0.244 e. The molecule has 2 rings (SSSR count). The van der Waals surface area contributed by atoms with Gasteiger partial charge in [-0.3, -0.25) is 4.98 Å². The van der Waals surface area contributed by atoms with Gasteiger partial charge in [0.1, 0.15) is 4.90 Å². The molecule has 0 saturated heterocycles. The van der Waals surface area contributed by atoms with Crippen molar-refractivity contribution in [2.24, 2.45) is 5.92 Å². The number of aromatic nitrogens is 1. The predicted molar refractivity (Wildman–Crippen MR) is 65.8 cm³/mol. The molecule has 1 saturated carbocycles. The first-order valence-corrected chi connectivity index (χ1v) is 7.19. The number of hydrogen-bond acceptors (Lipinski definition) is 4. The van der Waals surface area contributed by atoms with Crippen molar-refractivity contribution in [3.8, 4) is 0 Å². The van der Waals surface area contributed by atoms with Crippen LogP contribution in [0.3, 0.4) is 0 Å². The van der Waals surface area contributed by atoms with Gasteiger partial charge in [-0.2, -0.15) is 0 Å². The van der Waals surface area contributed by atoms with Crippen LogP contribution in [-0.4, -0.2) is 19.4 Å². The Morgan fingerprint density at radius 3 is 2.82 bits per heavy atom. The van der Waals surface area contributed by atoms with Crippen molar-refractivity contribution < 1.29 is 8.42 Å². The molecule has 0 spiro atoms. The average molecular weight is 255 g/mol. The van der Waals surface area contributed by atoms with Crippen LogP contribution in [0.15, 0.2) is 23.4 Å². The summed E-state index contributed by atoms with van der Waals surface area (Å²) in [6.07, 6.45) is 5.61. The molecule has 1 heterocycles. The van der Waals surface area contributed by atoms with Crippen LogP contribution < -0.4 is 10.5 Å². The normalized spacial score (nSPS) is 25.0. The van der Waals surface area contributed by atoms with Crippen LogP contribution in [0.4, 0.5) is 5.69 Å². The molecule has 1 aromatic rings. The molecule has 1 fully saturated rings. The lowest BCUT2D eigenvalue weighted by Gasteiger charge is -2.13. The number of pyridine rings is 1. The lowest BCUT2D eigenvalue weighted by atomic mass is 10.1. The van der Waals surface area contributed by atoms with E-state index < -0.39 is 10.0 Å². The van der Waals surface area contributed by atoms with E-state index in [2.05, 4.69) is 16.6 Å². The molecule has 1 aromatic heterocycles. The highest BCUT2D eigenvalue weighted by molar-refractivity contribution is 7.89. The van der Waals surface area contributed by atoms with Gasteiger partial charge >= 0.3 is 0 Å². The second-order valence-electron chi connectivity index (χ2n) is 4.65. The van der Waals surface area contributed by atoms with Gasteiger partial charge in [-0.25, -0.2) is 13.1 Å². The summed E-state index contributed by atoms with van der Waals surface area (Å²) < 4.78 is 26.9. The summed E-state index contributed by atoms with van der Waals surface area (Å²) in [6, 6.07) is 1.51. The van der Waals surface area contributed by atoms with E-state index in [0.717, 1.165) is 19.3 Å². The SMILES string of the molecule is CC1CCC(NS(=O)(=O)c2cnccc2N)C1. The van der Waals surface area contributed by atoms with Gasteiger partial charge in [0.05, 0.1) is 5.69 Å². The third-order valence-electron chi connectivity index (χ3n) is 3.12. The number of nitrogens with one attached hydrogen (secondary N) is 1. The Bertz CT molecular complexity index is 501. The van der Waals surface area contributed by atoms with Crippen LogP contribution in [0.1, 0.15) is 26.2 Å². The Hall–Kier alpha value is -1.14. The van der Waals surface area contributed by atoms with E-state index in [9.17, 15) is 8.42 Å². The zero-order chi connectivity index (χ0) is 12.5. The molecule has 6 heteroatoms. The Labute approximate surface area is 101 Å². The van der Waals surface area contributed by atoms with Gasteiger partial charge in [-0.1, -0.05) is 6.92 Å². The Balaban J connectivity index is 2.17. The highest BCUT2D eigenvalue weighted by atomic mass is 32.2. The van der Waals surface area contributed by atoms with Crippen molar-refractivity contribution in [2.75, 3.05) is 5.73 Å². The standard InChI is InChI=1S/C11H17N3O2S/c1-8-2-3-9(6-8)14-17(15,16)11-7-13-5-4-10(11)12/h4-5,7-9,14H,2-3,6H2,1H3,(H2,12,13). The quantitative estimate of drug-likeness (QED) is 0.848. The Morgan fingerprint density at radius 2 is 2.24 bits per heavy atom. The third kappa shape index (κ3) is 2.76. The molecule has 2 atom stereocenters. The molecule has 94 valence electrons. The number of hydrogen-bond donors (Lipinski definition) is 2. The summed E-state index contributed by atoms with van der Waals surface area (Å²) in [5, 5.41) is 0. The van der Waals surface area contributed by atoms with E-state index in [4.69, 9.17) is 5.73 Å². The van der Waals surface area contributed by atoms with Crippen LogP contribution >= 0.6 is 0 Å². The largest absolute Gasteiger partial charge is 0.398 e. The van der Waals surface area contributed by atoms with Gasteiger partial charge in [-0.15, -0.1) is 0 Å². The van der Waals surface area contributed by atoms with E-state index in [0.29, 0.717) is 5.92 Å². The predicted octanol–water partition coefficient (Wildman–Crippen LogP) is 1.13. The number of nitrogens with zero attached hydrogens (tertiary/aromatic N) is 1. The first kappa shape index (κ1) is 12.3. The number of anilines is 1. The van der Waals surface area contributed by atoms with E-state index >= 15 is 0 Å². The lowest BCUT2D eigenvalue weighted by molar-refractivity contribution is 0.538. The zero-order valence-electron chi connectivity index (χ0n) is 9.76. The minimum absolute atomic E-state index is 0.0228. The summed E-state index contributed by atoms with van der Waals surface area (Å²) in [5.41, 5.74) is 5.88. The fraction of sp³-hybridized carbons (Fsp3) is 0.545. The molecule has 3 N–H and O–H groups in total. The number of sulfonamides is 1. The molecule has 1 aliphatic carbocycles. The van der Waals surface area contributed by atoms with E-state index in [-0.39, 0.29) is 16.6 Å². The van der Waals surface area contributed by atoms with Crippen molar-refractivity contribution in [3.05, 3.63) is 18.5 Å². The first-order chi connectivity index (χ1) is 7.99. The maximum absolute atomic E-state index is 12.1. The highest BCUT2D eigenvalue weighted by Gasteiger charge is 2.27. The van der Waals surface area contributed by atoms with Crippen LogP contribution in [0.25, 0.3) is 0 Å². The molecular formula is C11H17N3O2S. The fourth-order valence-electron chi connectivity index (χ4n) is 2.21. The minimum atomic E-state index is -3.54. The van der Waals surface area contributed by atoms with Gasteiger partial charge in [0.2, 0.25) is 10.0 Å². The summed E-state index contributed by atoms with van der Waals surface area (Å²) in [5.74, 6) is 0.578. The molecule has 0 aromatic carbocycles. The summed E-state index contributed by atoms with van der Waals surface area (Å²) >= 11 is 0. The first-order valence-electron chi connectivity index (χ1n) is 5.71. The monoisotopic (exact) mass is 255 g/mol. The van der Waals surface area contributed by atoms with E-state index in [1.54, 1.807) is 0 Å². The summed E-state index contributed by atoms with van der Waals surface area (Å²) in [6.45, 7) is 2.13. The fourth-order valence-corrected chi connectivity index (χ4v) is 3.57. The van der Waals surface area contributed by atoms with Crippen molar-refractivity contribution in [1.29, 1.82) is 0 Å². The number of rotatable bonds is 3. The molecule has 17 heavy (non-hydrogen) atoms. The summed E-state index contributed by atoms with van der Waals surface area (Å²) in [7, 11) is -3.54. The summed E-state index contributed by atoms with van der Waals surface area (Å²) in [4.78, 5) is 3.87. The van der Waals surface area contributed by atoms with Gasteiger partial charge in [0.15, 0.2) is 0 Å². The van der Waals surface area contributed by atoms with E-state index in [1.807, 2.05) is 0 Å². The minimum Gasteiger partial charge on any atom is -0.398 e. The van der Waals surface area contributed by atoms with Gasteiger partial charge in [0, 0.05) is 18.4 Å². The lowest BCUT2D eigenvalue weighted by Crippen LogP contribution is -2.33. The molecule has 5 nitrogen and oxygen atoms in total. The van der Waals surface area contributed by atoms with Crippen molar-refractivity contribution >= 4 is 15.7 Å². The Morgan fingerprint density at radius 1 is 1.47 bits per heavy atom. The molecule has 0 amide bonds. The molecule has 2 unspecified atom stereocenters. The molecule has 1 aliphatic rings. The second-order valence-corrected chi connectivity index (χ2v) is 6.33. The van der Waals surface area contributed by atoms with Crippen LogP contribution in [0, 0.1) is 5.92 Å². The molecule has 0 bridgehead atoms. The van der Waals surface area contributed by atoms with Gasteiger partial charge < -0.3 is 5.73 Å². The van der Waals surface area contributed by atoms with Crippen molar-refractivity contribution in [1.82, 2.24) is 9.71 Å². The zero-order valence-corrected chi connectivity index (χ0v) is 10.6. The molecular weight excluding hydrogens is 238 g/mol. The average Bonchev–Trinajstić information content (AvgIpc) is 2.63. The van der Waals surface area contributed by atoms with Crippen LogP contribution in [-0.2, 0) is 10.0 Å². The van der Waals surface area contributed by atoms with Crippen molar-refractivity contribution in [2.45, 2.75) is 37.1 Å². The topological polar surface area (TPSA) is 85.1 Å². The number of nitrogens with two attached hydrogens (primary N) is 1. The van der Waals surface area contributed by atoms with Crippen LogP contribution in [0.2, 0.25) is 0 Å². The van der Waals surface area contributed by atoms with E-state index in [1.165, 1.54) is 18.5 Å².